The first kappa shape index (κ1) is 25.7. The van der Waals surface area contributed by atoms with Crippen molar-refractivity contribution in [1.29, 1.82) is 0 Å². The summed E-state index contributed by atoms with van der Waals surface area (Å²) < 4.78 is 0. The highest BCUT2D eigenvalue weighted by atomic mass is 16.2. The topological polar surface area (TPSA) is 160 Å². The van der Waals surface area contributed by atoms with Crippen molar-refractivity contribution in [3.63, 3.8) is 0 Å². The van der Waals surface area contributed by atoms with E-state index in [0.717, 1.165) is 43.5 Å². The number of amides is 2. The standard InChI is InChI=1S/C27H34N8O2/c1-2-14-30-25-21(16-31-27(35-25)34-18-12-10-17(11-13-18)24(29)36)26(37)33-20-7-5-6-19(15-20)32-23-9-4-3-8-22(23)28/h3-4,8-13,16,19-20,32H,2,5-7,14-15,28H2,1H3,(H2,29,36)(H,33,37)(H2,30,31,34,35)/t19?,20-/m0/s1. The Hall–Kier alpha value is -4.34. The predicted molar refractivity (Wildman–Crippen MR) is 147 cm³/mol. The van der Waals surface area contributed by atoms with E-state index in [0.29, 0.717) is 35.1 Å². The molecular formula is C27H34N8O2. The number of hydrogen-bond donors (Lipinski definition) is 6. The fourth-order valence-electron chi connectivity index (χ4n) is 4.40. The number of carbonyl (C=O) groups is 2. The summed E-state index contributed by atoms with van der Waals surface area (Å²) in [6.45, 7) is 2.71. The van der Waals surface area contributed by atoms with E-state index in [2.05, 4.69) is 31.2 Å². The van der Waals surface area contributed by atoms with Crippen LogP contribution in [0, 0.1) is 0 Å². The monoisotopic (exact) mass is 502 g/mol. The molecule has 194 valence electrons. The number of hydrogen-bond acceptors (Lipinski definition) is 8. The molecule has 0 aliphatic heterocycles. The van der Waals surface area contributed by atoms with Crippen LogP contribution in [0.5, 0.6) is 0 Å². The lowest BCUT2D eigenvalue weighted by atomic mass is 9.90. The second-order valence-corrected chi connectivity index (χ2v) is 9.21. The number of carbonyl (C=O) groups excluding carboxylic acids is 2. The van der Waals surface area contributed by atoms with Crippen LogP contribution in [-0.2, 0) is 0 Å². The number of para-hydroxylation sites is 2. The number of primary amides is 1. The first-order chi connectivity index (χ1) is 17.9. The minimum atomic E-state index is -0.492. The number of anilines is 5. The Morgan fingerprint density at radius 3 is 2.54 bits per heavy atom. The molecule has 0 radical (unpaired) electrons. The zero-order chi connectivity index (χ0) is 26.2. The third-order valence-corrected chi connectivity index (χ3v) is 6.33. The molecule has 2 aromatic carbocycles. The zero-order valence-electron chi connectivity index (χ0n) is 21.0. The van der Waals surface area contributed by atoms with Gasteiger partial charge in [-0.2, -0.15) is 4.98 Å². The van der Waals surface area contributed by atoms with Crippen molar-refractivity contribution < 1.29 is 9.59 Å². The molecule has 8 N–H and O–H groups in total. The highest BCUT2D eigenvalue weighted by molar-refractivity contribution is 5.99. The normalized spacial score (nSPS) is 17.0. The van der Waals surface area contributed by atoms with Gasteiger partial charge in [-0.3, -0.25) is 9.59 Å². The Labute approximate surface area is 216 Å². The van der Waals surface area contributed by atoms with Gasteiger partial charge in [0, 0.05) is 36.1 Å². The van der Waals surface area contributed by atoms with E-state index >= 15 is 0 Å². The molecule has 1 heterocycles. The minimum absolute atomic E-state index is 0.0317. The Kier molecular flexibility index (Phi) is 8.40. The molecule has 0 bridgehead atoms. The molecule has 1 aromatic heterocycles. The van der Waals surface area contributed by atoms with E-state index in [9.17, 15) is 9.59 Å². The van der Waals surface area contributed by atoms with Gasteiger partial charge in [0.25, 0.3) is 5.91 Å². The lowest BCUT2D eigenvalue weighted by Crippen LogP contribution is -2.42. The summed E-state index contributed by atoms with van der Waals surface area (Å²) in [4.78, 5) is 33.4. The minimum Gasteiger partial charge on any atom is -0.397 e. The smallest absolute Gasteiger partial charge is 0.256 e. The van der Waals surface area contributed by atoms with Crippen LogP contribution in [0.25, 0.3) is 0 Å². The summed E-state index contributed by atoms with van der Waals surface area (Å²) >= 11 is 0. The number of nitrogens with one attached hydrogen (secondary N) is 4. The molecule has 1 aliphatic carbocycles. The van der Waals surface area contributed by atoms with Gasteiger partial charge >= 0.3 is 0 Å². The molecule has 1 fully saturated rings. The average molecular weight is 503 g/mol. The maximum Gasteiger partial charge on any atom is 0.256 e. The maximum absolute atomic E-state index is 13.3. The molecular weight excluding hydrogens is 468 g/mol. The van der Waals surface area contributed by atoms with Crippen molar-refractivity contribution in [3.8, 4) is 0 Å². The fourth-order valence-corrected chi connectivity index (χ4v) is 4.40. The summed E-state index contributed by atoms with van der Waals surface area (Å²) in [5, 5.41) is 13.0. The van der Waals surface area contributed by atoms with Crippen LogP contribution in [-0.4, -0.2) is 40.4 Å². The average Bonchev–Trinajstić information content (AvgIpc) is 2.89. The number of nitrogens with two attached hydrogens (primary N) is 2. The first-order valence-electron chi connectivity index (χ1n) is 12.6. The van der Waals surface area contributed by atoms with Crippen molar-refractivity contribution in [2.45, 2.75) is 51.1 Å². The van der Waals surface area contributed by atoms with Crippen molar-refractivity contribution in [2.24, 2.45) is 5.73 Å². The van der Waals surface area contributed by atoms with Gasteiger partial charge in [-0.1, -0.05) is 19.1 Å². The zero-order valence-corrected chi connectivity index (χ0v) is 21.0. The van der Waals surface area contributed by atoms with Crippen molar-refractivity contribution in [3.05, 3.63) is 65.9 Å². The van der Waals surface area contributed by atoms with Gasteiger partial charge in [0.2, 0.25) is 11.9 Å². The van der Waals surface area contributed by atoms with Crippen LogP contribution in [0.4, 0.5) is 28.8 Å². The lowest BCUT2D eigenvalue weighted by molar-refractivity contribution is 0.0925. The second-order valence-electron chi connectivity index (χ2n) is 9.21. The number of benzene rings is 2. The number of rotatable bonds is 10. The van der Waals surface area contributed by atoms with Gasteiger partial charge in [0.05, 0.1) is 11.4 Å². The third kappa shape index (κ3) is 6.87. The van der Waals surface area contributed by atoms with Gasteiger partial charge < -0.3 is 32.7 Å². The van der Waals surface area contributed by atoms with E-state index in [1.165, 1.54) is 6.20 Å². The molecule has 1 aliphatic rings. The van der Waals surface area contributed by atoms with E-state index in [1.54, 1.807) is 24.3 Å². The Morgan fingerprint density at radius 2 is 1.81 bits per heavy atom. The van der Waals surface area contributed by atoms with Crippen molar-refractivity contribution in [1.82, 2.24) is 15.3 Å². The molecule has 10 heteroatoms. The van der Waals surface area contributed by atoms with Gasteiger partial charge in [-0.25, -0.2) is 4.98 Å². The number of nitrogen functional groups attached to an aromatic ring is 1. The highest BCUT2D eigenvalue weighted by Gasteiger charge is 2.25. The van der Waals surface area contributed by atoms with E-state index in [4.69, 9.17) is 11.5 Å². The summed E-state index contributed by atoms with van der Waals surface area (Å²) in [5.74, 6) is 0.104. The van der Waals surface area contributed by atoms with Gasteiger partial charge in [0.1, 0.15) is 11.4 Å². The summed E-state index contributed by atoms with van der Waals surface area (Å²) in [6.07, 6.45) is 6.15. The molecule has 0 spiro atoms. The number of nitrogens with zero attached hydrogens (tertiary/aromatic N) is 2. The number of aromatic nitrogens is 2. The maximum atomic E-state index is 13.3. The van der Waals surface area contributed by atoms with Crippen LogP contribution < -0.4 is 32.7 Å². The van der Waals surface area contributed by atoms with Crippen LogP contribution in [0.2, 0.25) is 0 Å². The first-order valence-corrected chi connectivity index (χ1v) is 12.6. The van der Waals surface area contributed by atoms with Crippen LogP contribution >= 0.6 is 0 Å². The van der Waals surface area contributed by atoms with E-state index in [-0.39, 0.29) is 18.0 Å². The van der Waals surface area contributed by atoms with Crippen LogP contribution in [0.3, 0.4) is 0 Å². The summed E-state index contributed by atoms with van der Waals surface area (Å²) in [7, 11) is 0. The molecule has 0 saturated heterocycles. The fraction of sp³-hybridized carbons (Fsp3) is 0.333. The van der Waals surface area contributed by atoms with Crippen molar-refractivity contribution in [2.75, 3.05) is 28.2 Å². The Balaban J connectivity index is 1.43. The second kappa shape index (κ2) is 12.1. The molecule has 1 saturated carbocycles. The highest BCUT2D eigenvalue weighted by Crippen LogP contribution is 2.26. The lowest BCUT2D eigenvalue weighted by Gasteiger charge is -2.31. The van der Waals surface area contributed by atoms with Crippen LogP contribution in [0.1, 0.15) is 59.7 Å². The molecule has 37 heavy (non-hydrogen) atoms. The Bertz CT molecular complexity index is 1230. The van der Waals surface area contributed by atoms with E-state index < -0.39 is 5.91 Å². The molecule has 4 rings (SSSR count). The van der Waals surface area contributed by atoms with Gasteiger partial charge in [0.15, 0.2) is 0 Å². The van der Waals surface area contributed by atoms with Gasteiger partial charge in [-0.15, -0.1) is 0 Å². The molecule has 10 nitrogen and oxygen atoms in total. The third-order valence-electron chi connectivity index (χ3n) is 6.33. The molecule has 1 unspecified atom stereocenters. The predicted octanol–water partition coefficient (Wildman–Crippen LogP) is 3.88. The summed E-state index contributed by atoms with van der Waals surface area (Å²) in [6, 6.07) is 14.7. The quantitative estimate of drug-likeness (QED) is 0.228. The largest absolute Gasteiger partial charge is 0.397 e. The van der Waals surface area contributed by atoms with E-state index in [1.807, 2.05) is 31.2 Å². The SMILES string of the molecule is CCCNc1nc(Nc2ccc(C(N)=O)cc2)ncc1C(=O)N[C@H]1CCCC(Nc2ccccc2N)C1. The van der Waals surface area contributed by atoms with Crippen molar-refractivity contribution >= 4 is 40.6 Å². The Morgan fingerprint density at radius 1 is 1.05 bits per heavy atom. The molecule has 3 aromatic rings. The van der Waals surface area contributed by atoms with Crippen LogP contribution in [0.15, 0.2) is 54.7 Å². The summed E-state index contributed by atoms with van der Waals surface area (Å²) in [5.41, 5.74) is 14.5. The van der Waals surface area contributed by atoms with Gasteiger partial charge in [-0.05, 0) is 68.5 Å². The molecule has 2 amide bonds. The molecule has 2 atom stereocenters.